The second-order valence-electron chi connectivity index (χ2n) is 7.36. The van der Waals surface area contributed by atoms with E-state index in [0.717, 1.165) is 40.4 Å². The van der Waals surface area contributed by atoms with E-state index >= 15 is 0 Å². The number of carbonyl (C=O) groups is 1. The van der Waals surface area contributed by atoms with Crippen molar-refractivity contribution in [3.63, 3.8) is 0 Å². The number of thiophene rings is 1. The smallest absolute Gasteiger partial charge is 0.252 e. The van der Waals surface area contributed by atoms with Gasteiger partial charge in [-0.05, 0) is 43.6 Å². The molecule has 0 saturated carbocycles. The standard InChI is InChI=1S/C23H26N6OS/c1-4-28(5-2)16(3)12-25-23(30)18-11-17(13-24-14-18)19-15-26-29-9-8-20(27-22(19)29)21-7-6-10-31-21/h6-11,13-16H,4-5,12H2,1-3H3,(H,25,30). The van der Waals surface area contributed by atoms with Crippen molar-refractivity contribution in [2.45, 2.75) is 26.8 Å². The number of carbonyl (C=O) groups excluding carboxylic acids is 1. The van der Waals surface area contributed by atoms with Crippen LogP contribution in [0.2, 0.25) is 0 Å². The van der Waals surface area contributed by atoms with Crippen molar-refractivity contribution in [1.29, 1.82) is 0 Å². The molecule has 1 amide bonds. The van der Waals surface area contributed by atoms with Gasteiger partial charge in [0.25, 0.3) is 5.91 Å². The molecule has 4 heterocycles. The van der Waals surface area contributed by atoms with Crippen molar-refractivity contribution in [2.75, 3.05) is 19.6 Å². The number of aromatic nitrogens is 4. The van der Waals surface area contributed by atoms with Gasteiger partial charge in [-0.3, -0.25) is 14.7 Å². The first-order valence-corrected chi connectivity index (χ1v) is 11.3. The van der Waals surface area contributed by atoms with E-state index in [-0.39, 0.29) is 11.9 Å². The monoisotopic (exact) mass is 434 g/mol. The van der Waals surface area contributed by atoms with Crippen LogP contribution >= 0.6 is 11.3 Å². The maximum absolute atomic E-state index is 12.7. The summed E-state index contributed by atoms with van der Waals surface area (Å²) >= 11 is 1.65. The Balaban J connectivity index is 1.57. The maximum atomic E-state index is 12.7. The highest BCUT2D eigenvalue weighted by molar-refractivity contribution is 7.13. The highest BCUT2D eigenvalue weighted by Crippen LogP contribution is 2.27. The van der Waals surface area contributed by atoms with Crippen LogP contribution in [0.15, 0.2) is 54.4 Å². The Morgan fingerprint density at radius 1 is 1.23 bits per heavy atom. The topological polar surface area (TPSA) is 75.4 Å². The van der Waals surface area contributed by atoms with Crippen LogP contribution in [0, 0.1) is 0 Å². The molecule has 1 atom stereocenters. The molecule has 160 valence electrons. The number of likely N-dealkylation sites (N-methyl/N-ethyl adjacent to an activating group) is 1. The molecule has 7 nitrogen and oxygen atoms in total. The minimum atomic E-state index is -0.128. The molecule has 1 N–H and O–H groups in total. The molecule has 0 saturated heterocycles. The molecule has 0 aromatic carbocycles. The highest BCUT2D eigenvalue weighted by atomic mass is 32.1. The third-order valence-corrected chi connectivity index (χ3v) is 6.34. The normalized spacial score (nSPS) is 12.4. The summed E-state index contributed by atoms with van der Waals surface area (Å²) in [6.07, 6.45) is 7.00. The van der Waals surface area contributed by atoms with E-state index in [1.54, 1.807) is 34.4 Å². The van der Waals surface area contributed by atoms with Crippen LogP contribution in [0.4, 0.5) is 0 Å². The third kappa shape index (κ3) is 4.50. The van der Waals surface area contributed by atoms with Crippen molar-refractivity contribution < 1.29 is 4.79 Å². The van der Waals surface area contributed by atoms with Crippen molar-refractivity contribution in [2.24, 2.45) is 0 Å². The van der Waals surface area contributed by atoms with Gasteiger partial charge in [0, 0.05) is 42.3 Å². The zero-order chi connectivity index (χ0) is 21.8. The first-order valence-electron chi connectivity index (χ1n) is 10.5. The van der Waals surface area contributed by atoms with Crippen LogP contribution in [0.3, 0.4) is 0 Å². The first kappa shape index (κ1) is 21.1. The van der Waals surface area contributed by atoms with Crippen molar-refractivity contribution in [3.8, 4) is 21.7 Å². The van der Waals surface area contributed by atoms with Crippen LogP contribution in [0.5, 0.6) is 0 Å². The van der Waals surface area contributed by atoms with Crippen molar-refractivity contribution >= 4 is 22.9 Å². The van der Waals surface area contributed by atoms with Crippen LogP contribution in [-0.2, 0) is 0 Å². The second-order valence-corrected chi connectivity index (χ2v) is 8.31. The summed E-state index contributed by atoms with van der Waals surface area (Å²) in [7, 11) is 0. The predicted octanol–water partition coefficient (Wildman–Crippen LogP) is 3.98. The number of pyridine rings is 1. The molecule has 0 radical (unpaired) electrons. The summed E-state index contributed by atoms with van der Waals surface area (Å²) in [6, 6.07) is 8.13. The fraction of sp³-hybridized carbons (Fsp3) is 0.304. The lowest BCUT2D eigenvalue weighted by atomic mass is 10.1. The van der Waals surface area contributed by atoms with Gasteiger partial charge in [-0.1, -0.05) is 19.9 Å². The van der Waals surface area contributed by atoms with Gasteiger partial charge in [0.2, 0.25) is 0 Å². The molecule has 4 aromatic heterocycles. The zero-order valence-corrected chi connectivity index (χ0v) is 18.8. The summed E-state index contributed by atoms with van der Waals surface area (Å²) in [5.41, 5.74) is 3.82. The van der Waals surface area contributed by atoms with Gasteiger partial charge in [0.05, 0.1) is 22.3 Å². The van der Waals surface area contributed by atoms with Gasteiger partial charge in [-0.2, -0.15) is 5.10 Å². The quantitative estimate of drug-likeness (QED) is 0.454. The molecule has 0 fully saturated rings. The minimum absolute atomic E-state index is 0.128. The maximum Gasteiger partial charge on any atom is 0.252 e. The Bertz CT molecular complexity index is 1170. The number of rotatable bonds is 8. The number of nitrogens with one attached hydrogen (secondary N) is 1. The lowest BCUT2D eigenvalue weighted by Crippen LogP contribution is -2.42. The summed E-state index contributed by atoms with van der Waals surface area (Å²) in [6.45, 7) is 8.89. The SMILES string of the molecule is CCN(CC)C(C)CNC(=O)c1cncc(-c2cnn3ccc(-c4cccs4)nc23)c1. The van der Waals surface area contributed by atoms with Crippen LogP contribution < -0.4 is 5.32 Å². The van der Waals surface area contributed by atoms with E-state index in [2.05, 4.69) is 41.1 Å². The molecule has 1 unspecified atom stereocenters. The van der Waals surface area contributed by atoms with Gasteiger partial charge < -0.3 is 5.32 Å². The van der Waals surface area contributed by atoms with E-state index in [1.807, 2.05) is 35.8 Å². The molecule has 4 aromatic rings. The van der Waals surface area contributed by atoms with Gasteiger partial charge in [-0.25, -0.2) is 9.50 Å². The third-order valence-electron chi connectivity index (χ3n) is 5.45. The van der Waals surface area contributed by atoms with E-state index in [0.29, 0.717) is 12.1 Å². The summed E-state index contributed by atoms with van der Waals surface area (Å²) in [5.74, 6) is -0.128. The fourth-order valence-electron chi connectivity index (χ4n) is 3.66. The van der Waals surface area contributed by atoms with Gasteiger partial charge in [0.15, 0.2) is 5.65 Å². The Morgan fingerprint density at radius 2 is 2.06 bits per heavy atom. The Labute approximate surface area is 185 Å². The summed E-state index contributed by atoms with van der Waals surface area (Å²) in [5, 5.41) is 9.48. The molecule has 8 heteroatoms. The molecule has 0 spiro atoms. The summed E-state index contributed by atoms with van der Waals surface area (Å²) in [4.78, 5) is 25.3. The van der Waals surface area contributed by atoms with E-state index in [9.17, 15) is 4.79 Å². The van der Waals surface area contributed by atoms with Crippen molar-refractivity contribution in [3.05, 3.63) is 60.0 Å². The van der Waals surface area contributed by atoms with Crippen LogP contribution in [0.1, 0.15) is 31.1 Å². The number of fused-ring (bicyclic) bond motifs is 1. The van der Waals surface area contributed by atoms with Crippen LogP contribution in [-0.4, -0.2) is 56.1 Å². The molecular formula is C23H26N6OS. The molecule has 31 heavy (non-hydrogen) atoms. The molecule has 0 bridgehead atoms. The van der Waals surface area contributed by atoms with Gasteiger partial charge in [-0.15, -0.1) is 11.3 Å². The largest absolute Gasteiger partial charge is 0.350 e. The van der Waals surface area contributed by atoms with Gasteiger partial charge >= 0.3 is 0 Å². The van der Waals surface area contributed by atoms with Crippen LogP contribution in [0.25, 0.3) is 27.3 Å². The fourth-order valence-corrected chi connectivity index (χ4v) is 4.36. The van der Waals surface area contributed by atoms with E-state index in [4.69, 9.17) is 4.98 Å². The average molecular weight is 435 g/mol. The average Bonchev–Trinajstić information content (AvgIpc) is 3.48. The predicted molar refractivity (Wildman–Crippen MR) is 124 cm³/mol. The Hall–Kier alpha value is -3.10. The number of amides is 1. The Morgan fingerprint density at radius 3 is 2.81 bits per heavy atom. The summed E-state index contributed by atoms with van der Waals surface area (Å²) < 4.78 is 1.74. The lowest BCUT2D eigenvalue weighted by molar-refractivity contribution is 0.0937. The number of nitrogens with zero attached hydrogens (tertiary/aromatic N) is 5. The Kier molecular flexibility index (Phi) is 6.39. The minimum Gasteiger partial charge on any atom is -0.350 e. The highest BCUT2D eigenvalue weighted by Gasteiger charge is 2.15. The second kappa shape index (κ2) is 9.36. The lowest BCUT2D eigenvalue weighted by Gasteiger charge is -2.26. The van der Waals surface area contributed by atoms with E-state index < -0.39 is 0 Å². The number of hydrogen-bond acceptors (Lipinski definition) is 6. The number of hydrogen-bond donors (Lipinski definition) is 1. The molecule has 4 rings (SSSR count). The van der Waals surface area contributed by atoms with E-state index in [1.165, 1.54) is 0 Å². The zero-order valence-electron chi connectivity index (χ0n) is 17.9. The molecule has 0 aliphatic carbocycles. The van der Waals surface area contributed by atoms with Crippen molar-refractivity contribution in [1.82, 2.24) is 29.8 Å². The molecule has 0 aliphatic rings. The first-order chi connectivity index (χ1) is 15.1. The molecular weight excluding hydrogens is 408 g/mol. The van der Waals surface area contributed by atoms with Gasteiger partial charge in [0.1, 0.15) is 0 Å². The molecule has 0 aliphatic heterocycles.